The zero-order valence-electron chi connectivity index (χ0n) is 14.8. The summed E-state index contributed by atoms with van der Waals surface area (Å²) in [7, 11) is 1.64. The van der Waals surface area contributed by atoms with Crippen LogP contribution in [0, 0.1) is 5.92 Å². The quantitative estimate of drug-likeness (QED) is 0.754. The highest BCUT2D eigenvalue weighted by molar-refractivity contribution is 5.92. The average Bonchev–Trinajstić information content (AvgIpc) is 3.28. The zero-order valence-corrected chi connectivity index (χ0v) is 14.8. The van der Waals surface area contributed by atoms with Gasteiger partial charge >= 0.3 is 0 Å². The van der Waals surface area contributed by atoms with Gasteiger partial charge in [-0.3, -0.25) is 9.59 Å². The topological polar surface area (TPSA) is 97.1 Å². The lowest BCUT2D eigenvalue weighted by Crippen LogP contribution is -2.31. The van der Waals surface area contributed by atoms with Gasteiger partial charge < -0.3 is 20.1 Å². The van der Waals surface area contributed by atoms with Crippen LogP contribution in [-0.2, 0) is 20.1 Å². The van der Waals surface area contributed by atoms with E-state index in [0.717, 1.165) is 44.1 Å². The lowest BCUT2D eigenvalue weighted by molar-refractivity contribution is 0.0943. The number of anilines is 1. The number of amides is 1. The first kappa shape index (κ1) is 16.8. The van der Waals surface area contributed by atoms with E-state index in [9.17, 15) is 9.59 Å². The molecule has 138 valence electrons. The van der Waals surface area contributed by atoms with Crippen LogP contribution >= 0.6 is 0 Å². The van der Waals surface area contributed by atoms with Crippen molar-refractivity contribution in [3.8, 4) is 0 Å². The fraction of sp³-hybridized carbons (Fsp3) is 0.529. The Morgan fingerprint density at radius 2 is 2.31 bits per heavy atom. The molecule has 2 aliphatic heterocycles. The number of nitrogens with zero attached hydrogens (tertiary/aromatic N) is 5. The van der Waals surface area contributed by atoms with Gasteiger partial charge in [0.05, 0.1) is 18.4 Å². The number of carbonyl (C=O) groups excluding carboxylic acids is 1. The minimum atomic E-state index is -0.124. The first-order valence-corrected chi connectivity index (χ1v) is 8.93. The van der Waals surface area contributed by atoms with Gasteiger partial charge in [0, 0.05) is 52.0 Å². The molecule has 0 aromatic carbocycles. The molecule has 0 saturated carbocycles. The van der Waals surface area contributed by atoms with Gasteiger partial charge in [-0.25, -0.2) is 9.67 Å². The summed E-state index contributed by atoms with van der Waals surface area (Å²) in [5, 5.41) is 10.3. The maximum Gasteiger partial charge on any atom is 0.271 e. The van der Waals surface area contributed by atoms with Crippen LogP contribution in [0.4, 0.5) is 5.69 Å². The van der Waals surface area contributed by atoms with E-state index in [2.05, 4.69) is 25.6 Å². The first-order chi connectivity index (χ1) is 12.6. The summed E-state index contributed by atoms with van der Waals surface area (Å²) in [4.78, 5) is 30.7. The van der Waals surface area contributed by atoms with Crippen molar-refractivity contribution in [1.29, 1.82) is 0 Å². The zero-order chi connectivity index (χ0) is 18.1. The average molecular weight is 357 g/mol. The van der Waals surface area contributed by atoms with Crippen LogP contribution in [0.15, 0.2) is 23.3 Å². The van der Waals surface area contributed by atoms with Gasteiger partial charge in [-0.1, -0.05) is 0 Å². The molecule has 1 fully saturated rings. The Bertz CT molecular complexity index is 849. The number of fused-ring (bicyclic) bond motifs is 1. The van der Waals surface area contributed by atoms with E-state index in [-0.39, 0.29) is 11.5 Å². The molecule has 0 radical (unpaired) electrons. The number of hydrogen-bond donors (Lipinski definition) is 2. The Labute approximate surface area is 151 Å². The number of nitrogens with one attached hydrogen (secondary N) is 2. The fourth-order valence-electron chi connectivity index (χ4n) is 3.49. The van der Waals surface area contributed by atoms with E-state index in [0.29, 0.717) is 24.7 Å². The van der Waals surface area contributed by atoms with Gasteiger partial charge in [-0.15, -0.1) is 0 Å². The Morgan fingerprint density at radius 1 is 1.42 bits per heavy atom. The smallest absolute Gasteiger partial charge is 0.271 e. The summed E-state index contributed by atoms with van der Waals surface area (Å²) in [5.41, 5.74) is 1.21. The lowest BCUT2D eigenvalue weighted by atomic mass is 10.1. The lowest BCUT2D eigenvalue weighted by Gasteiger charge is -2.18. The molecule has 4 heterocycles. The van der Waals surface area contributed by atoms with Crippen LogP contribution in [0.25, 0.3) is 0 Å². The molecule has 0 unspecified atom stereocenters. The highest BCUT2D eigenvalue weighted by Crippen LogP contribution is 2.21. The van der Waals surface area contributed by atoms with Crippen molar-refractivity contribution < 1.29 is 4.79 Å². The second-order valence-electron chi connectivity index (χ2n) is 6.90. The normalized spacial score (nSPS) is 19.4. The van der Waals surface area contributed by atoms with Crippen LogP contribution in [0.3, 0.4) is 0 Å². The third-order valence-corrected chi connectivity index (χ3v) is 5.06. The summed E-state index contributed by atoms with van der Waals surface area (Å²) < 4.78 is 3.35. The van der Waals surface area contributed by atoms with Crippen molar-refractivity contribution in [1.82, 2.24) is 30.0 Å². The van der Waals surface area contributed by atoms with Gasteiger partial charge in [-0.05, 0) is 12.3 Å². The molecule has 1 amide bonds. The molecule has 0 bridgehead atoms. The Hall–Kier alpha value is -2.68. The predicted octanol–water partition coefficient (Wildman–Crippen LogP) is -0.664. The summed E-state index contributed by atoms with van der Waals surface area (Å²) in [6.07, 6.45) is 4.52. The molecular weight excluding hydrogens is 334 g/mol. The van der Waals surface area contributed by atoms with Gasteiger partial charge in [0.2, 0.25) is 0 Å². The summed E-state index contributed by atoms with van der Waals surface area (Å²) in [6.45, 7) is 4.72. The monoisotopic (exact) mass is 357 g/mol. The van der Waals surface area contributed by atoms with Crippen LogP contribution in [0.2, 0.25) is 0 Å². The van der Waals surface area contributed by atoms with E-state index in [1.165, 1.54) is 4.68 Å². The molecule has 2 aromatic heterocycles. The van der Waals surface area contributed by atoms with E-state index in [1.807, 2.05) is 10.8 Å². The largest absolute Gasteiger partial charge is 0.370 e. The summed E-state index contributed by atoms with van der Waals surface area (Å²) in [5.74, 6) is 1.13. The van der Waals surface area contributed by atoms with E-state index in [1.54, 1.807) is 19.3 Å². The van der Waals surface area contributed by atoms with Crippen molar-refractivity contribution in [3.63, 3.8) is 0 Å². The first-order valence-electron chi connectivity index (χ1n) is 8.93. The van der Waals surface area contributed by atoms with Crippen molar-refractivity contribution >= 4 is 11.6 Å². The number of carbonyl (C=O) groups is 1. The molecular formula is C17H23N7O2. The van der Waals surface area contributed by atoms with Crippen LogP contribution in [0.5, 0.6) is 0 Å². The highest BCUT2D eigenvalue weighted by Gasteiger charge is 2.24. The maximum absolute atomic E-state index is 12.4. The summed E-state index contributed by atoms with van der Waals surface area (Å²) in [6, 6.07) is 1.61. The van der Waals surface area contributed by atoms with Gasteiger partial charge in [-0.2, -0.15) is 5.10 Å². The fourth-order valence-corrected chi connectivity index (χ4v) is 3.49. The third-order valence-electron chi connectivity index (χ3n) is 5.06. The van der Waals surface area contributed by atoms with E-state index in [4.69, 9.17) is 0 Å². The molecule has 9 heteroatoms. The van der Waals surface area contributed by atoms with Crippen LogP contribution in [0.1, 0.15) is 22.7 Å². The van der Waals surface area contributed by atoms with Crippen LogP contribution in [-0.4, -0.2) is 51.4 Å². The Kier molecular flexibility index (Phi) is 4.46. The molecule has 1 saturated heterocycles. The predicted molar refractivity (Wildman–Crippen MR) is 96.1 cm³/mol. The third kappa shape index (κ3) is 3.34. The van der Waals surface area contributed by atoms with Crippen molar-refractivity contribution in [2.45, 2.75) is 19.5 Å². The number of hydrogen-bond acceptors (Lipinski definition) is 6. The molecule has 2 aromatic rings. The number of aryl methyl sites for hydroxylation is 1. The van der Waals surface area contributed by atoms with E-state index >= 15 is 0 Å². The van der Waals surface area contributed by atoms with Gasteiger partial charge in [0.25, 0.3) is 11.5 Å². The standard InChI is InChI=1S/C17H23N7O2/c1-22-16(25)6-13(8-20-22)23-4-2-12(10-23)7-19-17(26)14-11-24-5-3-18-9-15(24)21-14/h6,8,11-12,18H,2-5,7,9-10H2,1H3,(H,19,26)/t12-/m0/s1. The number of imidazole rings is 1. The molecule has 9 nitrogen and oxygen atoms in total. The Morgan fingerprint density at radius 3 is 3.12 bits per heavy atom. The van der Waals surface area contributed by atoms with Crippen molar-refractivity contribution in [2.75, 3.05) is 31.1 Å². The van der Waals surface area contributed by atoms with Crippen molar-refractivity contribution in [2.24, 2.45) is 13.0 Å². The number of rotatable bonds is 4. The highest BCUT2D eigenvalue weighted by atomic mass is 16.2. The maximum atomic E-state index is 12.4. The van der Waals surface area contributed by atoms with Crippen LogP contribution < -0.4 is 21.1 Å². The molecule has 0 aliphatic carbocycles. The second kappa shape index (κ2) is 6.91. The SMILES string of the molecule is Cn1ncc(N2CC[C@@H](CNC(=O)c3cn4c(n3)CNCC4)C2)cc1=O. The Balaban J connectivity index is 1.32. The molecule has 4 rings (SSSR count). The van der Waals surface area contributed by atoms with Gasteiger partial charge in [0.15, 0.2) is 0 Å². The summed E-state index contributed by atoms with van der Waals surface area (Å²) >= 11 is 0. The van der Waals surface area contributed by atoms with Gasteiger partial charge in [0.1, 0.15) is 11.5 Å². The number of aromatic nitrogens is 4. The van der Waals surface area contributed by atoms with Crippen molar-refractivity contribution in [3.05, 3.63) is 40.3 Å². The molecule has 2 N–H and O–H groups in total. The minimum Gasteiger partial charge on any atom is -0.370 e. The second-order valence-corrected chi connectivity index (χ2v) is 6.90. The molecule has 0 spiro atoms. The molecule has 26 heavy (non-hydrogen) atoms. The molecule has 1 atom stereocenters. The molecule has 2 aliphatic rings. The van der Waals surface area contributed by atoms with E-state index < -0.39 is 0 Å². The minimum absolute atomic E-state index is 0.113.